The van der Waals surface area contributed by atoms with Gasteiger partial charge in [-0.15, -0.1) is 11.6 Å². The van der Waals surface area contributed by atoms with Crippen LogP contribution in [0.3, 0.4) is 0 Å². The van der Waals surface area contributed by atoms with Gasteiger partial charge in [0.25, 0.3) is 0 Å². The minimum absolute atomic E-state index is 0.0956. The molecule has 0 aliphatic rings. The smallest absolute Gasteiger partial charge is 0.417 e. The molecule has 0 aliphatic carbocycles. The number of hydrogen-bond donors (Lipinski definition) is 0. The molecule has 0 aromatic carbocycles. The second-order valence-electron chi connectivity index (χ2n) is 9.17. The van der Waals surface area contributed by atoms with Crippen molar-refractivity contribution in [3.8, 4) is 0 Å². The van der Waals surface area contributed by atoms with Gasteiger partial charge in [0, 0.05) is 18.0 Å². The zero-order chi connectivity index (χ0) is 21.0. The number of carbonyl (C=O) groups excluding carboxylic acids is 1. The van der Waals surface area contributed by atoms with Crippen LogP contribution in [0.5, 0.6) is 0 Å². The molecule has 1 heterocycles. The van der Waals surface area contributed by atoms with E-state index in [4.69, 9.17) is 20.8 Å². The summed E-state index contributed by atoms with van der Waals surface area (Å²) in [7, 11) is -1.92. The summed E-state index contributed by atoms with van der Waals surface area (Å²) < 4.78 is 11.7. The zero-order valence-corrected chi connectivity index (χ0v) is 19.8. The molecule has 1 amide bonds. The van der Waals surface area contributed by atoms with Crippen LogP contribution in [-0.4, -0.2) is 43.1 Å². The van der Waals surface area contributed by atoms with Crippen molar-refractivity contribution in [2.24, 2.45) is 0 Å². The second-order valence-corrected chi connectivity index (χ2v) is 14.6. The number of aromatic nitrogens is 2. The highest BCUT2D eigenvalue weighted by atomic mass is 35.5. The first-order valence-electron chi connectivity index (χ1n) is 9.24. The van der Waals surface area contributed by atoms with E-state index in [1.807, 2.05) is 27.7 Å². The lowest BCUT2D eigenvalue weighted by atomic mass is 10.2. The van der Waals surface area contributed by atoms with E-state index < -0.39 is 20.0 Å². The number of amides is 1. The highest BCUT2D eigenvalue weighted by molar-refractivity contribution is 6.74. The summed E-state index contributed by atoms with van der Waals surface area (Å²) in [5.74, 6) is 0.282. The normalized spacial score (nSPS) is 14.0. The van der Waals surface area contributed by atoms with E-state index in [9.17, 15) is 4.79 Å². The maximum atomic E-state index is 12.7. The Morgan fingerprint density at radius 1 is 1.19 bits per heavy atom. The van der Waals surface area contributed by atoms with E-state index in [1.165, 1.54) is 4.90 Å². The lowest BCUT2D eigenvalue weighted by Crippen LogP contribution is -2.45. The third kappa shape index (κ3) is 7.39. The van der Waals surface area contributed by atoms with Crippen molar-refractivity contribution in [3.63, 3.8) is 0 Å². The minimum atomic E-state index is -1.92. The Morgan fingerprint density at radius 3 is 2.11 bits per heavy atom. The van der Waals surface area contributed by atoms with Crippen molar-refractivity contribution in [1.82, 2.24) is 9.97 Å². The van der Waals surface area contributed by atoms with Crippen LogP contribution in [0.25, 0.3) is 0 Å². The van der Waals surface area contributed by atoms with Gasteiger partial charge in [0.2, 0.25) is 5.95 Å². The summed E-state index contributed by atoms with van der Waals surface area (Å²) >= 11 is 6.06. The molecule has 1 unspecified atom stereocenters. The number of halogens is 1. The highest BCUT2D eigenvalue weighted by Crippen LogP contribution is 2.36. The standard InChI is InChI=1S/C19H34ClN3O3Si/c1-14(20)15-12-21-16(22-13-15)23(17(24)26-18(2,3)4)10-11-25-27(8,9)19(5,6)7/h12-14H,10-11H2,1-9H3. The Morgan fingerprint density at radius 2 is 1.70 bits per heavy atom. The summed E-state index contributed by atoms with van der Waals surface area (Å²) in [6.07, 6.45) is 2.77. The molecule has 1 aromatic heterocycles. The molecule has 0 N–H and O–H groups in total. The van der Waals surface area contributed by atoms with Crippen LogP contribution in [0.2, 0.25) is 18.1 Å². The number of alkyl halides is 1. The molecule has 154 valence electrons. The van der Waals surface area contributed by atoms with Gasteiger partial charge in [-0.05, 0) is 45.8 Å². The van der Waals surface area contributed by atoms with Crippen molar-refractivity contribution in [2.45, 2.75) is 77.6 Å². The van der Waals surface area contributed by atoms with Crippen LogP contribution in [0.15, 0.2) is 12.4 Å². The highest BCUT2D eigenvalue weighted by Gasteiger charge is 2.37. The molecule has 8 heteroatoms. The van der Waals surface area contributed by atoms with E-state index in [0.717, 1.165) is 5.56 Å². The SMILES string of the molecule is CC(Cl)c1cnc(N(CCO[Si](C)(C)C(C)(C)C)C(=O)OC(C)(C)C)nc1. The molecular formula is C19H34ClN3O3Si. The van der Waals surface area contributed by atoms with Crippen molar-refractivity contribution < 1.29 is 14.0 Å². The average Bonchev–Trinajstić information content (AvgIpc) is 2.48. The predicted octanol–water partition coefficient (Wildman–Crippen LogP) is 5.54. The molecule has 27 heavy (non-hydrogen) atoms. The van der Waals surface area contributed by atoms with Crippen molar-refractivity contribution >= 4 is 32.0 Å². The Balaban J connectivity index is 2.96. The van der Waals surface area contributed by atoms with Crippen molar-refractivity contribution in [2.75, 3.05) is 18.1 Å². The Kier molecular flexibility index (Phi) is 7.85. The maximum Gasteiger partial charge on any atom is 0.417 e. The molecule has 0 bridgehead atoms. The summed E-state index contributed by atoms with van der Waals surface area (Å²) in [5, 5.41) is -0.103. The quantitative estimate of drug-likeness (QED) is 0.450. The number of rotatable bonds is 6. The Bertz CT molecular complexity index is 623. The maximum absolute atomic E-state index is 12.7. The van der Waals surface area contributed by atoms with E-state index in [-0.39, 0.29) is 16.4 Å². The molecule has 1 atom stereocenters. The van der Waals surface area contributed by atoms with Crippen LogP contribution < -0.4 is 4.90 Å². The summed E-state index contributed by atoms with van der Waals surface area (Å²) in [4.78, 5) is 22.7. The van der Waals surface area contributed by atoms with Gasteiger partial charge in [0.15, 0.2) is 8.32 Å². The Hall–Kier alpha value is -1.18. The fraction of sp³-hybridized carbons (Fsp3) is 0.737. The molecule has 0 spiro atoms. The van der Waals surface area contributed by atoms with Crippen LogP contribution >= 0.6 is 11.6 Å². The van der Waals surface area contributed by atoms with E-state index in [0.29, 0.717) is 13.2 Å². The van der Waals surface area contributed by atoms with Gasteiger partial charge < -0.3 is 9.16 Å². The molecular weight excluding hydrogens is 382 g/mol. The Labute approximate surface area is 169 Å². The van der Waals surface area contributed by atoms with Gasteiger partial charge in [0.1, 0.15) is 5.60 Å². The molecule has 0 saturated carbocycles. The minimum Gasteiger partial charge on any atom is -0.443 e. The number of anilines is 1. The monoisotopic (exact) mass is 415 g/mol. The number of hydrogen-bond acceptors (Lipinski definition) is 5. The lowest BCUT2D eigenvalue weighted by molar-refractivity contribution is 0.0571. The van der Waals surface area contributed by atoms with Gasteiger partial charge in [-0.2, -0.15) is 0 Å². The van der Waals surface area contributed by atoms with E-state index >= 15 is 0 Å². The topological polar surface area (TPSA) is 64.6 Å². The van der Waals surface area contributed by atoms with Gasteiger partial charge in [-0.1, -0.05) is 20.8 Å². The van der Waals surface area contributed by atoms with Gasteiger partial charge in [-0.25, -0.2) is 19.7 Å². The first kappa shape index (κ1) is 23.9. The van der Waals surface area contributed by atoms with Crippen LogP contribution in [0, 0.1) is 0 Å². The average molecular weight is 416 g/mol. The fourth-order valence-corrected chi connectivity index (χ4v) is 3.02. The first-order chi connectivity index (χ1) is 12.1. The summed E-state index contributed by atoms with van der Waals surface area (Å²) in [5.41, 5.74) is 0.183. The molecule has 0 fully saturated rings. The summed E-state index contributed by atoms with van der Waals surface area (Å²) in [6.45, 7) is 18.9. The molecule has 0 saturated heterocycles. The molecule has 0 radical (unpaired) electrons. The van der Waals surface area contributed by atoms with Crippen LogP contribution in [0.4, 0.5) is 10.7 Å². The van der Waals surface area contributed by atoms with Gasteiger partial charge in [-0.3, -0.25) is 0 Å². The fourth-order valence-electron chi connectivity index (χ4n) is 1.87. The van der Waals surface area contributed by atoms with Gasteiger partial charge >= 0.3 is 6.09 Å². The first-order valence-corrected chi connectivity index (χ1v) is 12.6. The van der Waals surface area contributed by atoms with Crippen molar-refractivity contribution in [3.05, 3.63) is 18.0 Å². The molecule has 1 rings (SSSR count). The number of carbonyl (C=O) groups is 1. The zero-order valence-electron chi connectivity index (χ0n) is 18.1. The predicted molar refractivity (Wildman–Crippen MR) is 113 cm³/mol. The van der Waals surface area contributed by atoms with Crippen LogP contribution in [-0.2, 0) is 9.16 Å². The molecule has 6 nitrogen and oxygen atoms in total. The largest absolute Gasteiger partial charge is 0.443 e. The van der Waals surface area contributed by atoms with Crippen LogP contribution in [0.1, 0.15) is 59.4 Å². The van der Waals surface area contributed by atoms with E-state index in [2.05, 4.69) is 43.8 Å². The second kappa shape index (κ2) is 8.88. The van der Waals surface area contributed by atoms with Gasteiger partial charge in [0.05, 0.1) is 18.5 Å². The number of nitrogens with zero attached hydrogens (tertiary/aromatic N) is 3. The molecule has 1 aromatic rings. The molecule has 0 aliphatic heterocycles. The summed E-state index contributed by atoms with van der Waals surface area (Å²) in [6, 6.07) is 0. The number of ether oxygens (including phenoxy) is 1. The van der Waals surface area contributed by atoms with E-state index in [1.54, 1.807) is 12.4 Å². The van der Waals surface area contributed by atoms with Crippen molar-refractivity contribution in [1.29, 1.82) is 0 Å². The third-order valence-electron chi connectivity index (χ3n) is 4.56. The third-order valence-corrected chi connectivity index (χ3v) is 9.35. The lowest BCUT2D eigenvalue weighted by Gasteiger charge is -2.36.